The van der Waals surface area contributed by atoms with E-state index in [4.69, 9.17) is 9.26 Å². The highest BCUT2D eigenvalue weighted by atomic mass is 16.5. The summed E-state index contributed by atoms with van der Waals surface area (Å²) in [6, 6.07) is 18.5. The van der Waals surface area contributed by atoms with E-state index >= 15 is 0 Å². The monoisotopic (exact) mass is 335 g/mol. The second-order valence-corrected chi connectivity index (χ2v) is 6.40. The molecule has 5 heteroatoms. The molecule has 1 unspecified atom stereocenters. The van der Waals surface area contributed by atoms with Crippen LogP contribution in [0.2, 0.25) is 0 Å². The Bertz CT molecular complexity index is 814. The Hall–Kier alpha value is -2.50. The van der Waals surface area contributed by atoms with Gasteiger partial charge in [-0.2, -0.15) is 4.98 Å². The van der Waals surface area contributed by atoms with Gasteiger partial charge in [-0.05, 0) is 12.5 Å². The molecule has 1 fully saturated rings. The normalized spacial score (nSPS) is 18.4. The third-order valence-corrected chi connectivity index (χ3v) is 4.43. The van der Waals surface area contributed by atoms with Crippen LogP contribution in [0, 0.1) is 6.92 Å². The average molecular weight is 335 g/mol. The van der Waals surface area contributed by atoms with Crippen LogP contribution < -0.4 is 0 Å². The highest BCUT2D eigenvalue weighted by Gasteiger charge is 2.27. The van der Waals surface area contributed by atoms with Crippen molar-refractivity contribution in [1.29, 1.82) is 0 Å². The van der Waals surface area contributed by atoms with Crippen molar-refractivity contribution in [2.24, 2.45) is 0 Å². The average Bonchev–Trinajstić information content (AvgIpc) is 3.15. The van der Waals surface area contributed by atoms with Crippen LogP contribution in [0.5, 0.6) is 0 Å². The molecular formula is C20H21N3O2. The standard InChI is InChI=1S/C20H21N3O2/c1-15-7-9-16(10-8-15)13-23-11-12-24-18(14-23)20-21-19(22-25-20)17-5-3-2-4-6-17/h2-10,18H,11-14H2,1H3. The second-order valence-electron chi connectivity index (χ2n) is 6.40. The summed E-state index contributed by atoms with van der Waals surface area (Å²) < 4.78 is 11.3. The number of morpholine rings is 1. The summed E-state index contributed by atoms with van der Waals surface area (Å²) in [7, 11) is 0. The summed E-state index contributed by atoms with van der Waals surface area (Å²) in [5.74, 6) is 1.15. The maximum absolute atomic E-state index is 5.86. The molecule has 5 nitrogen and oxygen atoms in total. The lowest BCUT2D eigenvalue weighted by molar-refractivity contribution is -0.0475. The largest absolute Gasteiger partial charge is 0.366 e. The summed E-state index contributed by atoms with van der Waals surface area (Å²) in [6.07, 6.45) is -0.177. The highest BCUT2D eigenvalue weighted by molar-refractivity contribution is 5.53. The lowest BCUT2D eigenvalue weighted by Crippen LogP contribution is -2.37. The molecule has 0 N–H and O–H groups in total. The second kappa shape index (κ2) is 7.17. The molecule has 1 aromatic heterocycles. The van der Waals surface area contributed by atoms with Crippen molar-refractivity contribution in [3.05, 3.63) is 71.6 Å². The van der Waals surface area contributed by atoms with Gasteiger partial charge in [0.2, 0.25) is 5.82 Å². The first-order chi connectivity index (χ1) is 12.3. The Morgan fingerprint density at radius 3 is 2.68 bits per heavy atom. The van der Waals surface area contributed by atoms with E-state index in [1.807, 2.05) is 30.3 Å². The van der Waals surface area contributed by atoms with E-state index in [0.29, 0.717) is 18.3 Å². The van der Waals surface area contributed by atoms with Gasteiger partial charge in [0.05, 0.1) is 6.61 Å². The van der Waals surface area contributed by atoms with Gasteiger partial charge in [-0.25, -0.2) is 0 Å². The Kier molecular flexibility index (Phi) is 4.59. The number of hydrogen-bond acceptors (Lipinski definition) is 5. The first-order valence-corrected chi connectivity index (χ1v) is 8.56. The van der Waals surface area contributed by atoms with Crippen molar-refractivity contribution in [2.75, 3.05) is 19.7 Å². The van der Waals surface area contributed by atoms with Gasteiger partial charge >= 0.3 is 0 Å². The van der Waals surface area contributed by atoms with Crippen molar-refractivity contribution in [3.63, 3.8) is 0 Å². The van der Waals surface area contributed by atoms with Crippen molar-refractivity contribution in [1.82, 2.24) is 15.0 Å². The van der Waals surface area contributed by atoms with Gasteiger partial charge in [-0.15, -0.1) is 0 Å². The van der Waals surface area contributed by atoms with Crippen LogP contribution in [0.25, 0.3) is 11.4 Å². The zero-order valence-electron chi connectivity index (χ0n) is 14.3. The maximum atomic E-state index is 5.86. The Balaban J connectivity index is 1.44. The van der Waals surface area contributed by atoms with E-state index in [1.54, 1.807) is 0 Å². The minimum Gasteiger partial charge on any atom is -0.366 e. The smallest absolute Gasteiger partial charge is 0.257 e. The van der Waals surface area contributed by atoms with Gasteiger partial charge in [0, 0.05) is 25.2 Å². The lowest BCUT2D eigenvalue weighted by Gasteiger charge is -2.31. The van der Waals surface area contributed by atoms with Crippen LogP contribution in [-0.2, 0) is 11.3 Å². The summed E-state index contributed by atoms with van der Waals surface area (Å²) in [5, 5.41) is 4.10. The van der Waals surface area contributed by atoms with Crippen molar-refractivity contribution >= 4 is 0 Å². The molecule has 0 spiro atoms. The maximum Gasteiger partial charge on any atom is 0.257 e. The molecular weight excluding hydrogens is 314 g/mol. The topological polar surface area (TPSA) is 51.4 Å². The van der Waals surface area contributed by atoms with Crippen LogP contribution >= 0.6 is 0 Å². The van der Waals surface area contributed by atoms with Gasteiger partial charge in [0.1, 0.15) is 6.10 Å². The summed E-state index contributed by atoms with van der Waals surface area (Å²) in [6.45, 7) is 5.34. The number of hydrogen-bond donors (Lipinski definition) is 0. The molecule has 3 aromatic rings. The third kappa shape index (κ3) is 3.78. The van der Waals surface area contributed by atoms with Gasteiger partial charge in [0.15, 0.2) is 0 Å². The predicted molar refractivity (Wildman–Crippen MR) is 94.9 cm³/mol. The van der Waals surface area contributed by atoms with Gasteiger partial charge in [-0.3, -0.25) is 4.90 Å². The molecule has 2 aromatic carbocycles. The Labute approximate surface area is 147 Å². The molecule has 1 aliphatic heterocycles. The minimum absolute atomic E-state index is 0.177. The third-order valence-electron chi connectivity index (χ3n) is 4.43. The van der Waals surface area contributed by atoms with E-state index in [9.17, 15) is 0 Å². The van der Waals surface area contributed by atoms with Gasteiger partial charge in [0.25, 0.3) is 5.89 Å². The first kappa shape index (κ1) is 16.0. The molecule has 0 bridgehead atoms. The number of aromatic nitrogens is 2. The molecule has 25 heavy (non-hydrogen) atoms. The Morgan fingerprint density at radius 2 is 1.88 bits per heavy atom. The minimum atomic E-state index is -0.177. The van der Waals surface area contributed by atoms with Gasteiger partial charge in [-0.1, -0.05) is 65.3 Å². The number of aryl methyl sites for hydroxylation is 1. The number of rotatable bonds is 4. The van der Waals surface area contributed by atoms with Crippen LogP contribution in [0.4, 0.5) is 0 Å². The fraction of sp³-hybridized carbons (Fsp3) is 0.300. The Morgan fingerprint density at radius 1 is 1.08 bits per heavy atom. The zero-order chi connectivity index (χ0) is 17.1. The molecule has 128 valence electrons. The van der Waals surface area contributed by atoms with E-state index in [0.717, 1.165) is 25.2 Å². The van der Waals surface area contributed by atoms with Crippen molar-refractivity contribution in [2.45, 2.75) is 19.6 Å². The molecule has 1 saturated heterocycles. The van der Waals surface area contributed by atoms with E-state index in [1.165, 1.54) is 11.1 Å². The van der Waals surface area contributed by atoms with Crippen molar-refractivity contribution in [3.8, 4) is 11.4 Å². The SMILES string of the molecule is Cc1ccc(CN2CCOC(c3nc(-c4ccccc4)no3)C2)cc1. The van der Waals surface area contributed by atoms with Crippen LogP contribution in [0.3, 0.4) is 0 Å². The fourth-order valence-electron chi connectivity index (χ4n) is 3.02. The van der Waals surface area contributed by atoms with Gasteiger partial charge < -0.3 is 9.26 Å². The van der Waals surface area contributed by atoms with Crippen molar-refractivity contribution < 1.29 is 9.26 Å². The highest BCUT2D eigenvalue weighted by Crippen LogP contribution is 2.24. The van der Waals surface area contributed by atoms with E-state index in [2.05, 4.69) is 46.2 Å². The molecule has 1 atom stereocenters. The molecule has 4 rings (SSSR count). The first-order valence-electron chi connectivity index (χ1n) is 8.56. The van der Waals surface area contributed by atoms with E-state index in [-0.39, 0.29) is 6.10 Å². The van der Waals surface area contributed by atoms with Crippen LogP contribution in [-0.4, -0.2) is 34.7 Å². The van der Waals surface area contributed by atoms with Crippen LogP contribution in [0.15, 0.2) is 59.1 Å². The molecule has 0 saturated carbocycles. The number of ether oxygens (including phenoxy) is 1. The van der Waals surface area contributed by atoms with E-state index < -0.39 is 0 Å². The summed E-state index contributed by atoms with van der Waals surface area (Å²) in [4.78, 5) is 6.89. The summed E-state index contributed by atoms with van der Waals surface area (Å²) >= 11 is 0. The lowest BCUT2D eigenvalue weighted by atomic mass is 10.1. The number of nitrogens with zero attached hydrogens (tertiary/aromatic N) is 3. The molecule has 0 amide bonds. The molecule has 2 heterocycles. The molecule has 0 aliphatic carbocycles. The zero-order valence-corrected chi connectivity index (χ0v) is 14.3. The predicted octanol–water partition coefficient (Wildman–Crippen LogP) is 3.62. The molecule has 1 aliphatic rings. The fourth-order valence-corrected chi connectivity index (χ4v) is 3.02. The van der Waals surface area contributed by atoms with Crippen LogP contribution in [0.1, 0.15) is 23.1 Å². The summed E-state index contributed by atoms with van der Waals surface area (Å²) in [5.41, 5.74) is 3.54. The number of benzene rings is 2. The quantitative estimate of drug-likeness (QED) is 0.729. The molecule has 0 radical (unpaired) electrons.